The summed E-state index contributed by atoms with van der Waals surface area (Å²) >= 11 is 0. The molecular formula is C25H26F3N3O6. The lowest BCUT2D eigenvalue weighted by molar-refractivity contribution is -0.274. The fourth-order valence-corrected chi connectivity index (χ4v) is 3.67. The summed E-state index contributed by atoms with van der Waals surface area (Å²) in [6, 6.07) is 10.6. The highest BCUT2D eigenvalue weighted by Crippen LogP contribution is 2.31. The molecule has 37 heavy (non-hydrogen) atoms. The zero-order valence-electron chi connectivity index (χ0n) is 20.5. The van der Waals surface area contributed by atoms with Crippen molar-refractivity contribution in [3.63, 3.8) is 0 Å². The van der Waals surface area contributed by atoms with Crippen molar-refractivity contribution in [3.05, 3.63) is 59.8 Å². The van der Waals surface area contributed by atoms with Crippen molar-refractivity contribution in [2.45, 2.75) is 45.2 Å². The first kappa shape index (κ1) is 27.4. The molecule has 1 heterocycles. The highest BCUT2D eigenvalue weighted by Gasteiger charge is 2.31. The Kier molecular flexibility index (Phi) is 7.70. The molecule has 1 aromatic heterocycles. The number of esters is 1. The number of amides is 2. The molecule has 0 saturated carbocycles. The van der Waals surface area contributed by atoms with E-state index in [0.29, 0.717) is 16.6 Å². The number of fused-ring (bicyclic) bond motifs is 1. The molecule has 198 valence electrons. The number of primary amides is 1. The average Bonchev–Trinajstić information content (AvgIpc) is 3.15. The van der Waals surface area contributed by atoms with Crippen LogP contribution in [-0.4, -0.2) is 41.6 Å². The lowest BCUT2D eigenvalue weighted by atomic mass is 10.0. The number of carbonyl (C=O) groups is 3. The molecule has 0 fully saturated rings. The minimum atomic E-state index is -4.91. The number of nitrogens with zero attached hydrogens (tertiary/aromatic N) is 1. The number of alkyl carbamates (subject to hydrolysis) is 1. The van der Waals surface area contributed by atoms with E-state index in [-0.39, 0.29) is 17.6 Å². The van der Waals surface area contributed by atoms with E-state index in [1.54, 1.807) is 45.0 Å². The summed E-state index contributed by atoms with van der Waals surface area (Å²) in [6.45, 7) is 5.05. The molecule has 0 aliphatic carbocycles. The van der Waals surface area contributed by atoms with Gasteiger partial charge in [0.25, 0.3) is 5.91 Å². The third-order valence-electron chi connectivity index (χ3n) is 5.08. The molecule has 0 radical (unpaired) electrons. The first-order valence-electron chi connectivity index (χ1n) is 11.0. The van der Waals surface area contributed by atoms with Gasteiger partial charge in [0.2, 0.25) is 0 Å². The Morgan fingerprint density at radius 2 is 1.76 bits per heavy atom. The lowest BCUT2D eigenvalue weighted by Gasteiger charge is -2.24. The maximum atomic E-state index is 12.8. The van der Waals surface area contributed by atoms with Crippen molar-refractivity contribution in [2.75, 3.05) is 7.11 Å². The summed E-state index contributed by atoms with van der Waals surface area (Å²) in [5.41, 5.74) is 5.76. The fraction of sp³-hybridized carbons (Fsp3) is 0.320. The molecule has 2 amide bonds. The Morgan fingerprint density at radius 1 is 1.05 bits per heavy atom. The molecule has 3 N–H and O–H groups in total. The average molecular weight is 521 g/mol. The highest BCUT2D eigenvalue weighted by molar-refractivity contribution is 5.99. The molecule has 0 unspecified atom stereocenters. The van der Waals surface area contributed by atoms with E-state index in [2.05, 4.69) is 10.1 Å². The normalized spacial score (nSPS) is 12.6. The number of carbonyl (C=O) groups excluding carboxylic acids is 3. The number of hydrogen-bond donors (Lipinski definition) is 2. The Labute approximate surface area is 210 Å². The smallest absolute Gasteiger partial charge is 0.469 e. The number of rotatable bonds is 7. The second kappa shape index (κ2) is 10.4. The molecule has 3 aromatic rings. The van der Waals surface area contributed by atoms with E-state index in [1.807, 2.05) is 0 Å². The highest BCUT2D eigenvalue weighted by atomic mass is 19.4. The zero-order valence-corrected chi connectivity index (χ0v) is 20.5. The van der Waals surface area contributed by atoms with Gasteiger partial charge in [-0.25, -0.2) is 4.79 Å². The van der Waals surface area contributed by atoms with Gasteiger partial charge in [-0.3, -0.25) is 9.59 Å². The number of methoxy groups -OCH3 is 1. The van der Waals surface area contributed by atoms with Crippen molar-refractivity contribution < 1.29 is 41.8 Å². The van der Waals surface area contributed by atoms with Gasteiger partial charge in [-0.05, 0) is 56.7 Å². The number of hydrogen-bond acceptors (Lipinski definition) is 6. The summed E-state index contributed by atoms with van der Waals surface area (Å²) in [5, 5.41) is 3.07. The first-order chi connectivity index (χ1) is 17.2. The standard InChI is InChI=1S/C25H26F3N3O6/c1-24(2,3)37-23(34)30-18(13-21(32)35-4)14-6-5-7-16(10-14)31-19-12-17(36-25(26,27)28)9-8-15(19)11-20(31)22(29)33/h5-12,18H,13H2,1-4H3,(H2,29,33)(H,30,34)/t18-/m1/s1. The molecule has 0 aliphatic heterocycles. The van der Waals surface area contributed by atoms with E-state index in [0.717, 1.165) is 12.1 Å². The van der Waals surface area contributed by atoms with E-state index >= 15 is 0 Å². The van der Waals surface area contributed by atoms with Crippen LogP contribution in [0.4, 0.5) is 18.0 Å². The van der Waals surface area contributed by atoms with Crippen LogP contribution >= 0.6 is 0 Å². The van der Waals surface area contributed by atoms with Crippen molar-refractivity contribution in [1.29, 1.82) is 0 Å². The van der Waals surface area contributed by atoms with Gasteiger partial charge in [0, 0.05) is 17.1 Å². The Morgan fingerprint density at radius 3 is 2.35 bits per heavy atom. The van der Waals surface area contributed by atoms with Gasteiger partial charge in [-0.1, -0.05) is 12.1 Å². The van der Waals surface area contributed by atoms with Gasteiger partial charge in [0.05, 0.1) is 25.1 Å². The number of alkyl halides is 3. The maximum absolute atomic E-state index is 12.8. The summed E-state index contributed by atoms with van der Waals surface area (Å²) in [7, 11) is 1.20. The first-order valence-corrected chi connectivity index (χ1v) is 11.0. The van der Waals surface area contributed by atoms with Gasteiger partial charge in [-0.2, -0.15) is 0 Å². The number of ether oxygens (including phenoxy) is 3. The second-order valence-corrected chi connectivity index (χ2v) is 9.07. The number of halogens is 3. The number of aromatic nitrogens is 1. The molecule has 0 saturated heterocycles. The summed E-state index contributed by atoms with van der Waals surface area (Å²) in [6.07, 6.45) is -5.92. The zero-order chi connectivity index (χ0) is 27.5. The van der Waals surface area contributed by atoms with Crippen LogP contribution in [0.25, 0.3) is 16.6 Å². The third kappa shape index (κ3) is 7.15. The summed E-state index contributed by atoms with van der Waals surface area (Å²) in [5.74, 6) is -1.91. The van der Waals surface area contributed by atoms with Crippen LogP contribution in [0.3, 0.4) is 0 Å². The van der Waals surface area contributed by atoms with Gasteiger partial charge < -0.3 is 29.8 Å². The molecule has 1 atom stereocenters. The van der Waals surface area contributed by atoms with Gasteiger partial charge in [0.1, 0.15) is 17.0 Å². The molecule has 3 rings (SSSR count). The second-order valence-electron chi connectivity index (χ2n) is 9.07. The summed E-state index contributed by atoms with van der Waals surface area (Å²) in [4.78, 5) is 36.7. The van der Waals surface area contributed by atoms with Crippen LogP contribution in [0.5, 0.6) is 5.75 Å². The molecule has 0 aliphatic rings. The van der Waals surface area contributed by atoms with E-state index < -0.39 is 41.7 Å². The minimum absolute atomic E-state index is 0.000859. The molecular weight excluding hydrogens is 495 g/mol. The number of nitrogens with two attached hydrogens (primary N) is 1. The molecule has 9 nitrogen and oxygen atoms in total. The number of benzene rings is 2. The predicted octanol–water partition coefficient (Wildman–Crippen LogP) is 4.76. The minimum Gasteiger partial charge on any atom is -0.469 e. The predicted molar refractivity (Wildman–Crippen MR) is 127 cm³/mol. The monoisotopic (exact) mass is 521 g/mol. The van der Waals surface area contributed by atoms with Crippen LogP contribution in [0.2, 0.25) is 0 Å². The van der Waals surface area contributed by atoms with E-state index in [1.165, 1.54) is 23.8 Å². The molecule has 0 spiro atoms. The van der Waals surface area contributed by atoms with Crippen LogP contribution in [0, 0.1) is 0 Å². The van der Waals surface area contributed by atoms with Gasteiger partial charge in [0.15, 0.2) is 0 Å². The topological polar surface area (TPSA) is 122 Å². The number of nitrogens with one attached hydrogen (secondary N) is 1. The molecule has 0 bridgehead atoms. The molecule has 2 aromatic carbocycles. The van der Waals surface area contributed by atoms with Crippen molar-refractivity contribution in [2.24, 2.45) is 5.73 Å². The van der Waals surface area contributed by atoms with Gasteiger partial charge in [-0.15, -0.1) is 13.2 Å². The molecule has 12 heteroatoms. The van der Waals surface area contributed by atoms with Crippen molar-refractivity contribution in [3.8, 4) is 11.4 Å². The van der Waals surface area contributed by atoms with E-state index in [9.17, 15) is 27.6 Å². The Balaban J connectivity index is 2.10. The van der Waals surface area contributed by atoms with Crippen molar-refractivity contribution in [1.82, 2.24) is 9.88 Å². The quantitative estimate of drug-likeness (QED) is 0.433. The van der Waals surface area contributed by atoms with Crippen LogP contribution in [0.15, 0.2) is 48.5 Å². The largest absolute Gasteiger partial charge is 0.573 e. The Hall–Kier alpha value is -4.22. The SMILES string of the molecule is COC(=O)C[C@@H](NC(=O)OC(C)(C)C)c1cccc(-n2c(C(N)=O)cc3ccc(OC(F)(F)F)cc32)c1. The maximum Gasteiger partial charge on any atom is 0.573 e. The van der Waals surface area contributed by atoms with Crippen LogP contribution < -0.4 is 15.8 Å². The fourth-order valence-electron chi connectivity index (χ4n) is 3.67. The van der Waals surface area contributed by atoms with Gasteiger partial charge >= 0.3 is 18.4 Å². The Bertz CT molecular complexity index is 1330. The van der Waals surface area contributed by atoms with Crippen LogP contribution in [0.1, 0.15) is 49.3 Å². The summed E-state index contributed by atoms with van der Waals surface area (Å²) < 4.78 is 53.8. The van der Waals surface area contributed by atoms with Crippen molar-refractivity contribution >= 4 is 28.9 Å². The van der Waals surface area contributed by atoms with E-state index in [4.69, 9.17) is 15.2 Å². The lowest BCUT2D eigenvalue weighted by Crippen LogP contribution is -2.36. The van der Waals surface area contributed by atoms with Crippen LogP contribution in [-0.2, 0) is 14.3 Å². The third-order valence-corrected chi connectivity index (χ3v) is 5.08.